The molecule has 0 saturated carbocycles. The van der Waals surface area contributed by atoms with Gasteiger partial charge < -0.3 is 20.3 Å². The second-order valence-electron chi connectivity index (χ2n) is 8.64. The maximum Gasteiger partial charge on any atom is 0.253 e. The number of ether oxygens (including phenoxy) is 1. The number of anilines is 2. The monoisotopic (exact) mass is 423 g/mol. The Morgan fingerprint density at radius 3 is 2.52 bits per heavy atom. The molecule has 2 amide bonds. The summed E-state index contributed by atoms with van der Waals surface area (Å²) in [6.45, 7) is 6.46. The van der Waals surface area contributed by atoms with Gasteiger partial charge in [0.15, 0.2) is 0 Å². The van der Waals surface area contributed by atoms with Crippen LogP contribution in [-0.2, 0) is 9.53 Å². The molecule has 6 heteroatoms. The second-order valence-corrected chi connectivity index (χ2v) is 8.64. The summed E-state index contributed by atoms with van der Waals surface area (Å²) < 4.78 is 5.80. The minimum Gasteiger partial charge on any atom is -0.377 e. The summed E-state index contributed by atoms with van der Waals surface area (Å²) in [5.41, 5.74) is 4.12. The molecule has 2 unspecified atom stereocenters. The van der Waals surface area contributed by atoms with Crippen LogP contribution in [0, 0.1) is 5.92 Å². The van der Waals surface area contributed by atoms with Crippen molar-refractivity contribution in [3.05, 3.63) is 59.2 Å². The maximum absolute atomic E-state index is 13.2. The van der Waals surface area contributed by atoms with E-state index in [0.29, 0.717) is 11.3 Å². The first-order valence-corrected chi connectivity index (χ1v) is 10.9. The van der Waals surface area contributed by atoms with Gasteiger partial charge in [-0.3, -0.25) is 9.59 Å². The minimum absolute atomic E-state index is 0.0803. The molecule has 2 aromatic rings. The Bertz CT molecular complexity index is 933. The number of nitrogens with zero attached hydrogens (tertiary/aromatic N) is 1. The zero-order valence-corrected chi connectivity index (χ0v) is 19.1. The lowest BCUT2D eigenvalue weighted by Crippen LogP contribution is -2.29. The highest BCUT2D eigenvalue weighted by Gasteiger charge is 2.21. The normalized spacial score (nSPS) is 16.8. The first kappa shape index (κ1) is 22.8. The maximum atomic E-state index is 13.2. The molecule has 2 aromatic carbocycles. The van der Waals surface area contributed by atoms with Gasteiger partial charge >= 0.3 is 0 Å². The van der Waals surface area contributed by atoms with E-state index in [0.717, 1.165) is 36.3 Å². The van der Waals surface area contributed by atoms with Gasteiger partial charge in [-0.25, -0.2) is 0 Å². The van der Waals surface area contributed by atoms with E-state index in [2.05, 4.69) is 22.8 Å². The Labute approximate surface area is 185 Å². The van der Waals surface area contributed by atoms with Crippen molar-refractivity contribution in [1.29, 1.82) is 0 Å². The fourth-order valence-corrected chi connectivity index (χ4v) is 3.70. The summed E-state index contributed by atoms with van der Waals surface area (Å²) in [6.07, 6.45) is 2.26. The Morgan fingerprint density at radius 2 is 1.87 bits per heavy atom. The summed E-state index contributed by atoms with van der Waals surface area (Å²) in [5, 5.41) is 5.98. The highest BCUT2D eigenvalue weighted by molar-refractivity contribution is 6.02. The third-order valence-corrected chi connectivity index (χ3v) is 5.57. The summed E-state index contributed by atoms with van der Waals surface area (Å²) in [7, 11) is 3.79. The Kier molecular flexibility index (Phi) is 7.33. The van der Waals surface area contributed by atoms with Crippen molar-refractivity contribution in [3.63, 3.8) is 0 Å². The number of hydrogen-bond donors (Lipinski definition) is 2. The van der Waals surface area contributed by atoms with Crippen LogP contribution in [0.2, 0.25) is 0 Å². The molecular weight excluding hydrogens is 390 g/mol. The largest absolute Gasteiger partial charge is 0.377 e. The molecule has 31 heavy (non-hydrogen) atoms. The zero-order valence-electron chi connectivity index (χ0n) is 19.1. The van der Waals surface area contributed by atoms with E-state index in [9.17, 15) is 9.59 Å². The van der Waals surface area contributed by atoms with Gasteiger partial charge in [0, 0.05) is 38.0 Å². The fraction of sp³-hybridized carbons (Fsp3) is 0.440. The molecule has 0 aromatic heterocycles. The minimum atomic E-state index is -0.181. The molecule has 6 nitrogen and oxygen atoms in total. The predicted molar refractivity (Wildman–Crippen MR) is 124 cm³/mol. The Morgan fingerprint density at radius 1 is 1.10 bits per heavy atom. The summed E-state index contributed by atoms with van der Waals surface area (Å²) in [6, 6.07) is 13.5. The van der Waals surface area contributed by atoms with Crippen LogP contribution in [0.25, 0.3) is 0 Å². The third-order valence-electron chi connectivity index (χ3n) is 5.57. The lowest BCUT2D eigenvalue weighted by atomic mass is 10.00. The van der Waals surface area contributed by atoms with Crippen LogP contribution in [0.1, 0.15) is 67.2 Å². The van der Waals surface area contributed by atoms with E-state index in [1.165, 1.54) is 0 Å². The van der Waals surface area contributed by atoms with Gasteiger partial charge in [0.2, 0.25) is 5.91 Å². The molecule has 1 fully saturated rings. The molecule has 2 atom stereocenters. The molecule has 1 heterocycles. The first-order chi connectivity index (χ1) is 14.8. The van der Waals surface area contributed by atoms with Crippen LogP contribution in [0.5, 0.6) is 0 Å². The molecular formula is C25H33N3O3. The van der Waals surface area contributed by atoms with Crippen LogP contribution in [0.4, 0.5) is 11.4 Å². The number of benzene rings is 2. The van der Waals surface area contributed by atoms with Crippen molar-refractivity contribution in [2.75, 3.05) is 30.9 Å². The van der Waals surface area contributed by atoms with Crippen molar-refractivity contribution in [1.82, 2.24) is 5.32 Å². The summed E-state index contributed by atoms with van der Waals surface area (Å²) >= 11 is 0. The van der Waals surface area contributed by atoms with Crippen LogP contribution in [0.15, 0.2) is 42.5 Å². The number of hydrogen-bond acceptors (Lipinski definition) is 4. The number of nitrogens with one attached hydrogen (secondary N) is 2. The lowest BCUT2D eigenvalue weighted by molar-refractivity contribution is -0.118. The van der Waals surface area contributed by atoms with Gasteiger partial charge in [0.1, 0.15) is 0 Å². The smallest absolute Gasteiger partial charge is 0.253 e. The van der Waals surface area contributed by atoms with Crippen molar-refractivity contribution >= 4 is 23.2 Å². The van der Waals surface area contributed by atoms with Crippen LogP contribution in [-0.4, -0.2) is 32.5 Å². The van der Waals surface area contributed by atoms with Gasteiger partial charge in [-0.05, 0) is 49.1 Å². The molecule has 0 aliphatic carbocycles. The fourth-order valence-electron chi connectivity index (χ4n) is 3.70. The van der Waals surface area contributed by atoms with E-state index in [4.69, 9.17) is 4.74 Å². The second kappa shape index (κ2) is 9.96. The lowest BCUT2D eigenvalue weighted by Gasteiger charge is -2.21. The van der Waals surface area contributed by atoms with Gasteiger partial charge in [0.25, 0.3) is 5.91 Å². The standard InChI is InChI=1S/C25H33N3O3/c1-16(2)24(29)27-20-11-12-22(28(4)5)21(15-20)25(30)26-17(3)18-8-6-9-19(14-18)23-10-7-13-31-23/h6,8-9,11-12,14-17,23H,7,10,13H2,1-5H3,(H,26,30)(H,27,29). The van der Waals surface area contributed by atoms with Gasteiger partial charge in [-0.15, -0.1) is 0 Å². The van der Waals surface area contributed by atoms with Crippen LogP contribution in [0.3, 0.4) is 0 Å². The third kappa shape index (κ3) is 5.64. The molecule has 1 saturated heterocycles. The number of carbonyl (C=O) groups excluding carboxylic acids is 2. The SMILES string of the molecule is CC(C)C(=O)Nc1ccc(N(C)C)c(C(=O)NC(C)c2cccc(C3CCCO3)c2)c1. The highest BCUT2D eigenvalue weighted by atomic mass is 16.5. The van der Waals surface area contributed by atoms with Gasteiger partial charge in [-0.1, -0.05) is 38.1 Å². The molecule has 1 aliphatic rings. The van der Waals surface area contributed by atoms with Crippen LogP contribution < -0.4 is 15.5 Å². The number of rotatable bonds is 7. The molecule has 0 bridgehead atoms. The van der Waals surface area contributed by atoms with E-state index in [1.807, 2.05) is 64.0 Å². The molecule has 1 aliphatic heterocycles. The predicted octanol–water partition coefficient (Wildman–Crippen LogP) is 4.69. The van der Waals surface area contributed by atoms with E-state index < -0.39 is 0 Å². The first-order valence-electron chi connectivity index (χ1n) is 10.9. The average molecular weight is 424 g/mol. The van der Waals surface area contributed by atoms with Crippen molar-refractivity contribution in [3.8, 4) is 0 Å². The van der Waals surface area contributed by atoms with Crippen molar-refractivity contribution in [2.45, 2.75) is 45.8 Å². The molecule has 3 rings (SSSR count). The molecule has 0 spiro atoms. The summed E-state index contributed by atoms with van der Waals surface area (Å²) in [5.74, 6) is -0.399. The topological polar surface area (TPSA) is 70.7 Å². The van der Waals surface area contributed by atoms with E-state index in [-0.39, 0.29) is 29.9 Å². The Balaban J connectivity index is 1.79. The quantitative estimate of drug-likeness (QED) is 0.678. The molecule has 0 radical (unpaired) electrons. The molecule has 166 valence electrons. The average Bonchev–Trinajstić information content (AvgIpc) is 3.28. The van der Waals surface area contributed by atoms with E-state index in [1.54, 1.807) is 6.07 Å². The molecule has 2 N–H and O–H groups in total. The van der Waals surface area contributed by atoms with Gasteiger partial charge in [-0.2, -0.15) is 0 Å². The van der Waals surface area contributed by atoms with Gasteiger partial charge in [0.05, 0.1) is 17.7 Å². The van der Waals surface area contributed by atoms with Crippen molar-refractivity contribution in [2.24, 2.45) is 5.92 Å². The Hall–Kier alpha value is -2.86. The van der Waals surface area contributed by atoms with E-state index >= 15 is 0 Å². The van der Waals surface area contributed by atoms with Crippen LogP contribution >= 0.6 is 0 Å². The number of carbonyl (C=O) groups is 2. The number of amides is 2. The summed E-state index contributed by atoms with van der Waals surface area (Å²) in [4.78, 5) is 27.2. The zero-order chi connectivity index (χ0) is 22.5. The highest BCUT2D eigenvalue weighted by Crippen LogP contribution is 2.30. The van der Waals surface area contributed by atoms with Crippen molar-refractivity contribution < 1.29 is 14.3 Å².